The molecule has 0 saturated carbocycles. The van der Waals surface area contributed by atoms with Gasteiger partial charge in [0.15, 0.2) is 18.1 Å². The number of hydrogen-bond donors (Lipinski definition) is 1. The van der Waals surface area contributed by atoms with Crippen LogP contribution in [0.15, 0.2) is 40.9 Å². The number of rotatable bonds is 4. The largest absolute Gasteiger partial charge is 0.454 e. The molecule has 0 radical (unpaired) electrons. The van der Waals surface area contributed by atoms with Crippen molar-refractivity contribution >= 4 is 33.5 Å². The quantitative estimate of drug-likeness (QED) is 0.809. The number of anilines is 1. The number of aryl methyl sites for hydroxylation is 1. The van der Waals surface area contributed by atoms with Crippen molar-refractivity contribution in [1.29, 1.82) is 0 Å². The lowest BCUT2D eigenvalue weighted by atomic mass is 10.2. The van der Waals surface area contributed by atoms with Crippen molar-refractivity contribution in [2.45, 2.75) is 6.92 Å². The van der Waals surface area contributed by atoms with Gasteiger partial charge in [-0.2, -0.15) is 0 Å². The van der Waals surface area contributed by atoms with E-state index in [1.807, 2.05) is 19.1 Å². The summed E-state index contributed by atoms with van der Waals surface area (Å²) in [6, 6.07) is 10.1. The van der Waals surface area contributed by atoms with Crippen LogP contribution in [0.1, 0.15) is 15.9 Å². The molecule has 124 valence electrons. The number of hydrogen-bond acceptors (Lipinski definition) is 5. The van der Waals surface area contributed by atoms with Gasteiger partial charge in [-0.05, 0) is 48.9 Å². The summed E-state index contributed by atoms with van der Waals surface area (Å²) < 4.78 is 16.3. The third-order valence-corrected chi connectivity index (χ3v) is 4.27. The van der Waals surface area contributed by atoms with Gasteiger partial charge in [0, 0.05) is 10.2 Å². The van der Waals surface area contributed by atoms with Crippen molar-refractivity contribution < 1.29 is 23.8 Å². The Morgan fingerprint density at radius 1 is 1.17 bits per heavy atom. The number of esters is 1. The minimum absolute atomic E-state index is 0.128. The molecule has 0 saturated heterocycles. The number of ether oxygens (including phenoxy) is 3. The Bertz CT molecular complexity index is 806. The third-order valence-electron chi connectivity index (χ3n) is 3.38. The molecule has 1 aliphatic heterocycles. The maximum absolute atomic E-state index is 12.0. The molecule has 7 heteroatoms. The van der Waals surface area contributed by atoms with Crippen LogP contribution in [0, 0.1) is 6.92 Å². The molecule has 2 aromatic carbocycles. The number of fused-ring (bicyclic) bond motifs is 1. The molecule has 3 rings (SSSR count). The highest BCUT2D eigenvalue weighted by Crippen LogP contribution is 2.32. The Morgan fingerprint density at radius 3 is 2.75 bits per heavy atom. The number of nitrogens with one attached hydrogen (secondary N) is 1. The second-order valence-corrected chi connectivity index (χ2v) is 6.01. The normalized spacial score (nSPS) is 11.9. The summed E-state index contributed by atoms with van der Waals surface area (Å²) in [5.74, 6) is 0.0513. The van der Waals surface area contributed by atoms with E-state index in [-0.39, 0.29) is 13.4 Å². The molecule has 24 heavy (non-hydrogen) atoms. The molecular weight excluding hydrogens is 378 g/mol. The minimum atomic E-state index is -0.601. The molecule has 1 aliphatic rings. The molecular formula is C17H14BrNO5. The Kier molecular flexibility index (Phi) is 4.71. The Hall–Kier alpha value is -2.54. The molecule has 0 unspecified atom stereocenters. The Balaban J connectivity index is 1.55. The summed E-state index contributed by atoms with van der Waals surface area (Å²) in [6.45, 7) is 1.67. The summed E-state index contributed by atoms with van der Waals surface area (Å²) in [5.41, 5.74) is 1.93. The van der Waals surface area contributed by atoms with E-state index in [1.54, 1.807) is 18.2 Å². The van der Waals surface area contributed by atoms with Crippen molar-refractivity contribution in [3.63, 3.8) is 0 Å². The lowest BCUT2D eigenvalue weighted by Crippen LogP contribution is -2.21. The van der Waals surface area contributed by atoms with Crippen LogP contribution < -0.4 is 14.8 Å². The van der Waals surface area contributed by atoms with Crippen molar-refractivity contribution in [2.75, 3.05) is 18.7 Å². The number of benzene rings is 2. The van der Waals surface area contributed by atoms with Crippen LogP contribution in [0.3, 0.4) is 0 Å². The first-order valence-corrected chi connectivity index (χ1v) is 7.95. The van der Waals surface area contributed by atoms with Crippen molar-refractivity contribution in [2.24, 2.45) is 0 Å². The summed E-state index contributed by atoms with van der Waals surface area (Å²) >= 11 is 3.39. The van der Waals surface area contributed by atoms with Gasteiger partial charge in [0.05, 0.1) is 5.56 Å². The zero-order valence-electron chi connectivity index (χ0n) is 12.8. The first-order valence-electron chi connectivity index (χ1n) is 7.16. The maximum atomic E-state index is 12.0. The van der Waals surface area contributed by atoms with Crippen LogP contribution in [-0.2, 0) is 9.53 Å². The summed E-state index contributed by atoms with van der Waals surface area (Å²) in [7, 11) is 0. The summed E-state index contributed by atoms with van der Waals surface area (Å²) in [4.78, 5) is 23.9. The van der Waals surface area contributed by atoms with Crippen LogP contribution in [0.25, 0.3) is 0 Å². The molecule has 0 aromatic heterocycles. The zero-order chi connectivity index (χ0) is 17.1. The van der Waals surface area contributed by atoms with E-state index in [4.69, 9.17) is 14.2 Å². The highest BCUT2D eigenvalue weighted by atomic mass is 79.9. The SMILES string of the molecule is Cc1cc(NC(=O)COC(=O)c2ccc3c(c2)OCO3)ccc1Br. The van der Waals surface area contributed by atoms with Crippen LogP contribution in [0.2, 0.25) is 0 Å². The van der Waals surface area contributed by atoms with Gasteiger partial charge in [-0.25, -0.2) is 4.79 Å². The average Bonchev–Trinajstić information content (AvgIpc) is 3.03. The molecule has 0 aliphatic carbocycles. The summed E-state index contributed by atoms with van der Waals surface area (Å²) in [5, 5.41) is 2.68. The van der Waals surface area contributed by atoms with Gasteiger partial charge >= 0.3 is 5.97 Å². The van der Waals surface area contributed by atoms with E-state index in [0.29, 0.717) is 22.7 Å². The van der Waals surface area contributed by atoms with E-state index >= 15 is 0 Å². The predicted molar refractivity (Wildman–Crippen MR) is 90.4 cm³/mol. The van der Waals surface area contributed by atoms with Gasteiger partial charge < -0.3 is 19.5 Å². The van der Waals surface area contributed by atoms with Gasteiger partial charge in [-0.15, -0.1) is 0 Å². The van der Waals surface area contributed by atoms with E-state index in [1.165, 1.54) is 6.07 Å². The van der Waals surface area contributed by atoms with E-state index in [2.05, 4.69) is 21.2 Å². The Labute approximate surface area is 146 Å². The number of carbonyl (C=O) groups excluding carboxylic acids is 2. The fourth-order valence-corrected chi connectivity index (χ4v) is 2.40. The fraction of sp³-hybridized carbons (Fsp3) is 0.176. The third kappa shape index (κ3) is 3.68. The summed E-state index contributed by atoms with van der Waals surface area (Å²) in [6.07, 6.45) is 0. The van der Waals surface area contributed by atoms with Gasteiger partial charge in [0.1, 0.15) is 0 Å². The number of carbonyl (C=O) groups is 2. The van der Waals surface area contributed by atoms with Gasteiger partial charge in [-0.3, -0.25) is 4.79 Å². The highest BCUT2D eigenvalue weighted by Gasteiger charge is 2.17. The van der Waals surface area contributed by atoms with Crippen LogP contribution in [0.4, 0.5) is 5.69 Å². The van der Waals surface area contributed by atoms with Crippen LogP contribution in [0.5, 0.6) is 11.5 Å². The fourth-order valence-electron chi connectivity index (χ4n) is 2.16. The molecule has 6 nitrogen and oxygen atoms in total. The number of amides is 1. The molecule has 0 fully saturated rings. The first kappa shape index (κ1) is 16.3. The topological polar surface area (TPSA) is 73.9 Å². The monoisotopic (exact) mass is 391 g/mol. The van der Waals surface area contributed by atoms with Gasteiger partial charge in [0.25, 0.3) is 5.91 Å². The minimum Gasteiger partial charge on any atom is -0.454 e. The van der Waals surface area contributed by atoms with Crippen LogP contribution >= 0.6 is 15.9 Å². The lowest BCUT2D eigenvalue weighted by Gasteiger charge is -2.08. The smallest absolute Gasteiger partial charge is 0.338 e. The van der Waals surface area contributed by atoms with Gasteiger partial charge in [0.2, 0.25) is 6.79 Å². The van der Waals surface area contributed by atoms with E-state index in [0.717, 1.165) is 10.0 Å². The average molecular weight is 392 g/mol. The lowest BCUT2D eigenvalue weighted by molar-refractivity contribution is -0.119. The molecule has 1 N–H and O–H groups in total. The first-order chi connectivity index (χ1) is 11.5. The second-order valence-electron chi connectivity index (χ2n) is 5.16. The number of halogens is 1. The van der Waals surface area contributed by atoms with E-state index in [9.17, 15) is 9.59 Å². The standard InChI is InChI=1S/C17H14BrNO5/c1-10-6-12(3-4-13(10)18)19-16(20)8-22-17(21)11-2-5-14-15(7-11)24-9-23-14/h2-7H,8-9H2,1H3,(H,19,20). The van der Waals surface area contributed by atoms with E-state index < -0.39 is 11.9 Å². The van der Waals surface area contributed by atoms with Crippen molar-refractivity contribution in [3.05, 3.63) is 52.0 Å². The molecule has 0 atom stereocenters. The van der Waals surface area contributed by atoms with Gasteiger partial charge in [-0.1, -0.05) is 15.9 Å². The second kappa shape index (κ2) is 6.92. The maximum Gasteiger partial charge on any atom is 0.338 e. The van der Waals surface area contributed by atoms with Crippen LogP contribution in [-0.4, -0.2) is 25.3 Å². The zero-order valence-corrected chi connectivity index (χ0v) is 14.4. The molecule has 2 aromatic rings. The molecule has 0 spiro atoms. The van der Waals surface area contributed by atoms with Crippen molar-refractivity contribution in [1.82, 2.24) is 0 Å². The van der Waals surface area contributed by atoms with Crippen molar-refractivity contribution in [3.8, 4) is 11.5 Å². The molecule has 0 bridgehead atoms. The molecule has 1 heterocycles. The highest BCUT2D eigenvalue weighted by molar-refractivity contribution is 9.10. The Morgan fingerprint density at radius 2 is 1.96 bits per heavy atom. The molecule has 1 amide bonds. The predicted octanol–water partition coefficient (Wildman–Crippen LogP) is 3.28.